The van der Waals surface area contributed by atoms with Crippen molar-refractivity contribution in [2.45, 2.75) is 18.9 Å². The van der Waals surface area contributed by atoms with E-state index in [-0.39, 0.29) is 12.0 Å². The summed E-state index contributed by atoms with van der Waals surface area (Å²) in [6.07, 6.45) is 2.08. The molecule has 1 amide bonds. The lowest BCUT2D eigenvalue weighted by molar-refractivity contribution is 0.0350. The molecule has 1 saturated heterocycles. The number of rotatable bonds is 2. The van der Waals surface area contributed by atoms with Crippen molar-refractivity contribution >= 4 is 37.8 Å². The average molecular weight is 378 g/mol. The van der Waals surface area contributed by atoms with E-state index in [1.807, 2.05) is 4.90 Å². The molecule has 0 spiro atoms. The van der Waals surface area contributed by atoms with Gasteiger partial charge in [0.2, 0.25) is 0 Å². The standard InChI is InChI=1S/C12H14Br2N2O2/c1-18-9-2-4-16(5-3-9)12(17)8-6-10(13)15-11(14)7-8/h6-7,9H,2-5H2,1H3. The molecule has 1 aromatic rings. The van der Waals surface area contributed by atoms with Crippen LogP contribution in [0.4, 0.5) is 0 Å². The van der Waals surface area contributed by atoms with E-state index in [0.717, 1.165) is 25.9 Å². The molecule has 4 nitrogen and oxygen atoms in total. The zero-order valence-corrected chi connectivity index (χ0v) is 13.2. The monoisotopic (exact) mass is 376 g/mol. The van der Waals surface area contributed by atoms with E-state index in [1.165, 1.54) is 0 Å². The molecule has 6 heteroatoms. The molecule has 0 radical (unpaired) electrons. The predicted octanol–water partition coefficient (Wildman–Crippen LogP) is 2.86. The van der Waals surface area contributed by atoms with Crippen LogP contribution >= 0.6 is 31.9 Å². The number of methoxy groups -OCH3 is 1. The first-order valence-corrected chi connectivity index (χ1v) is 7.34. The van der Waals surface area contributed by atoms with Gasteiger partial charge < -0.3 is 9.64 Å². The molecule has 2 heterocycles. The van der Waals surface area contributed by atoms with Crippen LogP contribution in [-0.2, 0) is 4.74 Å². The lowest BCUT2D eigenvalue weighted by Gasteiger charge is -2.31. The van der Waals surface area contributed by atoms with Gasteiger partial charge in [-0.25, -0.2) is 4.98 Å². The topological polar surface area (TPSA) is 42.4 Å². The minimum atomic E-state index is 0.0494. The summed E-state index contributed by atoms with van der Waals surface area (Å²) in [6, 6.07) is 3.49. The van der Waals surface area contributed by atoms with E-state index < -0.39 is 0 Å². The highest BCUT2D eigenvalue weighted by atomic mass is 79.9. The van der Waals surface area contributed by atoms with Gasteiger partial charge in [0.1, 0.15) is 9.21 Å². The van der Waals surface area contributed by atoms with Crippen molar-refractivity contribution in [1.82, 2.24) is 9.88 Å². The fourth-order valence-corrected chi connectivity index (χ4v) is 3.18. The molecule has 0 bridgehead atoms. The summed E-state index contributed by atoms with van der Waals surface area (Å²) >= 11 is 6.59. The molecule has 0 unspecified atom stereocenters. The predicted molar refractivity (Wildman–Crippen MR) is 75.6 cm³/mol. The van der Waals surface area contributed by atoms with Crippen LogP contribution in [0.3, 0.4) is 0 Å². The Bertz CT molecular complexity index is 425. The lowest BCUT2D eigenvalue weighted by Crippen LogP contribution is -2.40. The van der Waals surface area contributed by atoms with Gasteiger partial charge in [-0.05, 0) is 56.8 Å². The maximum absolute atomic E-state index is 12.3. The molecule has 0 atom stereocenters. The SMILES string of the molecule is COC1CCN(C(=O)c2cc(Br)nc(Br)c2)CC1. The number of piperidine rings is 1. The number of aromatic nitrogens is 1. The Kier molecular flexibility index (Phi) is 4.75. The third-order valence-corrected chi connectivity index (χ3v) is 3.88. The van der Waals surface area contributed by atoms with Gasteiger partial charge >= 0.3 is 0 Å². The summed E-state index contributed by atoms with van der Waals surface area (Å²) in [5.74, 6) is 0.0494. The van der Waals surface area contributed by atoms with Crippen LogP contribution in [0.2, 0.25) is 0 Å². The minimum Gasteiger partial charge on any atom is -0.381 e. The Hall–Kier alpha value is -0.460. The number of halogens is 2. The van der Waals surface area contributed by atoms with E-state index in [2.05, 4.69) is 36.8 Å². The number of hydrogen-bond acceptors (Lipinski definition) is 3. The maximum Gasteiger partial charge on any atom is 0.254 e. The van der Waals surface area contributed by atoms with E-state index in [1.54, 1.807) is 19.2 Å². The first-order valence-electron chi connectivity index (χ1n) is 5.75. The number of hydrogen-bond donors (Lipinski definition) is 0. The highest BCUT2D eigenvalue weighted by molar-refractivity contribution is 9.11. The van der Waals surface area contributed by atoms with Crippen molar-refractivity contribution in [2.24, 2.45) is 0 Å². The molecule has 98 valence electrons. The van der Waals surface area contributed by atoms with Crippen LogP contribution in [0.1, 0.15) is 23.2 Å². The zero-order chi connectivity index (χ0) is 13.1. The Morgan fingerprint density at radius 3 is 2.39 bits per heavy atom. The third-order valence-electron chi connectivity index (χ3n) is 3.07. The molecule has 0 aliphatic carbocycles. The molecule has 1 aromatic heterocycles. The van der Waals surface area contributed by atoms with Gasteiger partial charge in [0.05, 0.1) is 6.10 Å². The third kappa shape index (κ3) is 3.30. The number of likely N-dealkylation sites (tertiary alicyclic amines) is 1. The second-order valence-corrected chi connectivity index (χ2v) is 5.85. The van der Waals surface area contributed by atoms with Crippen molar-refractivity contribution in [1.29, 1.82) is 0 Å². The van der Waals surface area contributed by atoms with Crippen molar-refractivity contribution in [3.05, 3.63) is 26.9 Å². The minimum absolute atomic E-state index is 0.0494. The summed E-state index contributed by atoms with van der Waals surface area (Å²) in [5, 5.41) is 0. The van der Waals surface area contributed by atoms with Gasteiger partial charge in [-0.15, -0.1) is 0 Å². The average Bonchev–Trinajstić information content (AvgIpc) is 2.37. The molecule has 0 aromatic carbocycles. The Morgan fingerprint density at radius 1 is 1.33 bits per heavy atom. The molecular formula is C12H14Br2N2O2. The number of carbonyl (C=O) groups is 1. The van der Waals surface area contributed by atoms with Crippen molar-refractivity contribution < 1.29 is 9.53 Å². The fourth-order valence-electron chi connectivity index (χ4n) is 2.07. The van der Waals surface area contributed by atoms with Crippen LogP contribution in [-0.4, -0.2) is 42.1 Å². The largest absolute Gasteiger partial charge is 0.381 e. The highest BCUT2D eigenvalue weighted by Crippen LogP contribution is 2.20. The first-order chi connectivity index (χ1) is 8.60. The second-order valence-electron chi connectivity index (χ2n) is 4.23. The molecule has 0 N–H and O–H groups in total. The quantitative estimate of drug-likeness (QED) is 0.744. The van der Waals surface area contributed by atoms with Gasteiger partial charge in [0.15, 0.2) is 0 Å². The van der Waals surface area contributed by atoms with Crippen LogP contribution in [0.5, 0.6) is 0 Å². The first kappa shape index (κ1) is 14.0. The molecule has 18 heavy (non-hydrogen) atoms. The number of nitrogens with zero attached hydrogens (tertiary/aromatic N) is 2. The van der Waals surface area contributed by atoms with Crippen LogP contribution in [0.25, 0.3) is 0 Å². The summed E-state index contributed by atoms with van der Waals surface area (Å²) in [5.41, 5.74) is 0.652. The van der Waals surface area contributed by atoms with Gasteiger partial charge in [0.25, 0.3) is 5.91 Å². The molecule has 0 saturated carbocycles. The van der Waals surface area contributed by atoms with Crippen LogP contribution in [0.15, 0.2) is 21.3 Å². The highest BCUT2D eigenvalue weighted by Gasteiger charge is 2.23. The molecule has 2 rings (SSSR count). The lowest BCUT2D eigenvalue weighted by atomic mass is 10.1. The Balaban J connectivity index is 2.07. The second kappa shape index (κ2) is 6.12. The smallest absolute Gasteiger partial charge is 0.254 e. The van der Waals surface area contributed by atoms with E-state index in [4.69, 9.17) is 4.74 Å². The normalized spacial score (nSPS) is 16.9. The van der Waals surface area contributed by atoms with Gasteiger partial charge in [-0.2, -0.15) is 0 Å². The van der Waals surface area contributed by atoms with E-state index >= 15 is 0 Å². The Labute approximate surface area is 123 Å². The summed E-state index contributed by atoms with van der Waals surface area (Å²) in [4.78, 5) is 18.3. The maximum atomic E-state index is 12.3. The van der Waals surface area contributed by atoms with Crippen molar-refractivity contribution in [2.75, 3.05) is 20.2 Å². The van der Waals surface area contributed by atoms with E-state index in [0.29, 0.717) is 14.8 Å². The van der Waals surface area contributed by atoms with Crippen molar-refractivity contribution in [3.63, 3.8) is 0 Å². The number of ether oxygens (including phenoxy) is 1. The van der Waals surface area contributed by atoms with E-state index in [9.17, 15) is 4.79 Å². The molecule has 1 fully saturated rings. The number of carbonyl (C=O) groups excluding carboxylic acids is 1. The zero-order valence-electron chi connectivity index (χ0n) is 10.0. The van der Waals surface area contributed by atoms with Gasteiger partial charge in [-0.3, -0.25) is 4.79 Å². The molecular weight excluding hydrogens is 364 g/mol. The van der Waals surface area contributed by atoms with Crippen LogP contribution in [0, 0.1) is 0 Å². The Morgan fingerprint density at radius 2 is 1.89 bits per heavy atom. The van der Waals surface area contributed by atoms with Gasteiger partial charge in [-0.1, -0.05) is 0 Å². The molecule has 1 aliphatic rings. The molecule has 1 aliphatic heterocycles. The summed E-state index contributed by atoms with van der Waals surface area (Å²) in [6.45, 7) is 1.49. The summed E-state index contributed by atoms with van der Waals surface area (Å²) in [7, 11) is 1.72. The van der Waals surface area contributed by atoms with Crippen molar-refractivity contribution in [3.8, 4) is 0 Å². The van der Waals surface area contributed by atoms with Crippen LogP contribution < -0.4 is 0 Å². The fraction of sp³-hybridized carbons (Fsp3) is 0.500. The van der Waals surface area contributed by atoms with Gasteiger partial charge in [0, 0.05) is 25.8 Å². The number of pyridine rings is 1. The summed E-state index contributed by atoms with van der Waals surface area (Å²) < 4.78 is 6.62. The number of amides is 1.